The zero-order valence-electron chi connectivity index (χ0n) is 11.6. The molecule has 3 aromatic heterocycles. The molecule has 0 aliphatic heterocycles. The molecule has 6 heteroatoms. The third-order valence-corrected chi connectivity index (χ3v) is 4.46. The van der Waals surface area contributed by atoms with Crippen LogP contribution in [0.25, 0.3) is 10.2 Å². The minimum Gasteiger partial charge on any atom is -0.361 e. The Balaban J connectivity index is 2.11. The van der Waals surface area contributed by atoms with Crippen LogP contribution in [0.3, 0.4) is 0 Å². The van der Waals surface area contributed by atoms with Crippen molar-refractivity contribution in [3.63, 3.8) is 0 Å². The predicted octanol–water partition coefficient (Wildman–Crippen LogP) is 2.67. The average Bonchev–Trinajstić information content (AvgIpc) is 2.98. The Kier molecular flexibility index (Phi) is 3.17. The minimum absolute atomic E-state index is 0.00333. The third kappa shape index (κ3) is 1.96. The highest BCUT2D eigenvalue weighted by molar-refractivity contribution is 7.16. The molecule has 3 heterocycles. The topological polar surface area (TPSA) is 60.9 Å². The van der Waals surface area contributed by atoms with E-state index in [4.69, 9.17) is 4.52 Å². The molecule has 0 amide bonds. The highest BCUT2D eigenvalue weighted by atomic mass is 32.1. The van der Waals surface area contributed by atoms with Crippen LogP contribution < -0.4 is 5.56 Å². The van der Waals surface area contributed by atoms with Crippen LogP contribution in [0.2, 0.25) is 0 Å². The third-order valence-electron chi connectivity index (χ3n) is 3.46. The van der Waals surface area contributed by atoms with Crippen LogP contribution in [0.5, 0.6) is 0 Å². The Morgan fingerprint density at radius 2 is 2.20 bits per heavy atom. The summed E-state index contributed by atoms with van der Waals surface area (Å²) in [7, 11) is 0. The molecular formula is C14H15N3O2S. The van der Waals surface area contributed by atoms with Gasteiger partial charge in [0.25, 0.3) is 5.56 Å². The van der Waals surface area contributed by atoms with E-state index in [1.54, 1.807) is 10.9 Å². The van der Waals surface area contributed by atoms with Crippen molar-refractivity contribution in [3.8, 4) is 0 Å². The summed E-state index contributed by atoms with van der Waals surface area (Å²) in [5.74, 6) is 0.830. The minimum atomic E-state index is -0.00333. The first-order chi connectivity index (χ1) is 9.61. The second kappa shape index (κ2) is 4.86. The van der Waals surface area contributed by atoms with Gasteiger partial charge in [0.15, 0.2) is 0 Å². The molecule has 104 valence electrons. The van der Waals surface area contributed by atoms with Crippen LogP contribution in [0.4, 0.5) is 0 Å². The van der Waals surface area contributed by atoms with Crippen LogP contribution in [-0.2, 0) is 13.0 Å². The molecule has 0 N–H and O–H groups in total. The van der Waals surface area contributed by atoms with Crippen molar-refractivity contribution in [2.75, 3.05) is 0 Å². The van der Waals surface area contributed by atoms with Gasteiger partial charge in [-0.1, -0.05) is 12.1 Å². The van der Waals surface area contributed by atoms with E-state index in [1.165, 1.54) is 11.3 Å². The summed E-state index contributed by atoms with van der Waals surface area (Å²) < 4.78 is 6.89. The predicted molar refractivity (Wildman–Crippen MR) is 78.3 cm³/mol. The molecule has 0 unspecified atom stereocenters. The largest absolute Gasteiger partial charge is 0.361 e. The van der Waals surface area contributed by atoms with Gasteiger partial charge in [0, 0.05) is 12.0 Å². The molecule has 5 nitrogen and oxygen atoms in total. The summed E-state index contributed by atoms with van der Waals surface area (Å²) in [5.41, 5.74) is 2.78. The van der Waals surface area contributed by atoms with Crippen LogP contribution >= 0.6 is 11.3 Å². The van der Waals surface area contributed by atoms with Gasteiger partial charge in [-0.05, 0) is 24.8 Å². The highest BCUT2D eigenvalue weighted by Crippen LogP contribution is 2.20. The number of aromatic nitrogens is 3. The van der Waals surface area contributed by atoms with E-state index in [1.807, 2.05) is 26.2 Å². The number of hydrogen-bond donors (Lipinski definition) is 0. The smallest absolute Gasteiger partial charge is 0.262 e. The Morgan fingerprint density at radius 3 is 2.95 bits per heavy atom. The normalized spacial score (nSPS) is 11.3. The lowest BCUT2D eigenvalue weighted by molar-refractivity contribution is 0.381. The lowest BCUT2D eigenvalue weighted by atomic mass is 10.1. The summed E-state index contributed by atoms with van der Waals surface area (Å²) in [6, 6.07) is 0. The van der Waals surface area contributed by atoms with Crippen molar-refractivity contribution in [3.05, 3.63) is 44.6 Å². The van der Waals surface area contributed by atoms with E-state index in [2.05, 4.69) is 10.1 Å². The second-order valence-electron chi connectivity index (χ2n) is 4.80. The molecule has 3 aromatic rings. The zero-order valence-corrected chi connectivity index (χ0v) is 12.5. The first kappa shape index (κ1) is 13.1. The number of aryl methyl sites for hydroxylation is 3. The summed E-state index contributed by atoms with van der Waals surface area (Å²) in [6.07, 6.45) is 2.37. The van der Waals surface area contributed by atoms with Crippen LogP contribution in [0.15, 0.2) is 21.0 Å². The number of fused-ring (bicyclic) bond motifs is 1. The first-order valence-electron chi connectivity index (χ1n) is 6.49. The summed E-state index contributed by atoms with van der Waals surface area (Å²) in [5, 5.41) is 6.65. The van der Waals surface area contributed by atoms with Gasteiger partial charge in [-0.3, -0.25) is 9.36 Å². The molecule has 0 saturated carbocycles. The van der Waals surface area contributed by atoms with E-state index in [9.17, 15) is 4.79 Å². The van der Waals surface area contributed by atoms with Gasteiger partial charge in [-0.2, -0.15) is 0 Å². The lowest BCUT2D eigenvalue weighted by Gasteiger charge is -2.05. The van der Waals surface area contributed by atoms with Crippen molar-refractivity contribution in [1.82, 2.24) is 14.7 Å². The van der Waals surface area contributed by atoms with Gasteiger partial charge >= 0.3 is 0 Å². The van der Waals surface area contributed by atoms with Crippen molar-refractivity contribution in [1.29, 1.82) is 0 Å². The van der Waals surface area contributed by atoms with Crippen LogP contribution in [0, 0.1) is 13.8 Å². The van der Waals surface area contributed by atoms with E-state index in [-0.39, 0.29) is 5.56 Å². The van der Waals surface area contributed by atoms with Crippen molar-refractivity contribution in [2.24, 2.45) is 0 Å². The highest BCUT2D eigenvalue weighted by Gasteiger charge is 2.14. The maximum absolute atomic E-state index is 12.5. The molecule has 3 rings (SSSR count). The van der Waals surface area contributed by atoms with Gasteiger partial charge in [0.05, 0.1) is 24.0 Å². The molecule has 0 saturated heterocycles. The number of thiophene rings is 1. The number of hydrogen-bond acceptors (Lipinski definition) is 5. The molecule has 20 heavy (non-hydrogen) atoms. The van der Waals surface area contributed by atoms with Gasteiger partial charge in [0.2, 0.25) is 0 Å². The maximum Gasteiger partial charge on any atom is 0.262 e. The van der Waals surface area contributed by atoms with E-state index >= 15 is 0 Å². The quantitative estimate of drug-likeness (QED) is 0.743. The van der Waals surface area contributed by atoms with Gasteiger partial charge in [-0.15, -0.1) is 11.3 Å². The fraction of sp³-hybridized carbons (Fsp3) is 0.357. The standard InChI is InChI=1S/C14H15N3O2S/c1-4-11-10(9(3)16-19-11)5-17-7-15-13-12(14(17)18)8(2)6-20-13/h6-7H,4-5H2,1-3H3. The summed E-state index contributed by atoms with van der Waals surface area (Å²) in [6.45, 7) is 6.30. The molecular weight excluding hydrogens is 274 g/mol. The molecule has 0 aliphatic rings. The first-order valence-corrected chi connectivity index (χ1v) is 7.37. The van der Waals surface area contributed by atoms with Crippen molar-refractivity contribution >= 4 is 21.6 Å². The monoisotopic (exact) mass is 289 g/mol. The molecule has 0 atom stereocenters. The van der Waals surface area contributed by atoms with E-state index < -0.39 is 0 Å². The Labute approximate surface area is 119 Å². The van der Waals surface area contributed by atoms with Gasteiger partial charge in [0.1, 0.15) is 10.6 Å². The molecule has 0 bridgehead atoms. The van der Waals surface area contributed by atoms with Crippen LogP contribution in [-0.4, -0.2) is 14.7 Å². The summed E-state index contributed by atoms with van der Waals surface area (Å²) >= 11 is 1.50. The summed E-state index contributed by atoms with van der Waals surface area (Å²) in [4.78, 5) is 17.7. The zero-order chi connectivity index (χ0) is 14.3. The maximum atomic E-state index is 12.5. The Hall–Kier alpha value is -1.95. The van der Waals surface area contributed by atoms with Gasteiger partial charge in [-0.25, -0.2) is 4.98 Å². The van der Waals surface area contributed by atoms with Gasteiger partial charge < -0.3 is 4.52 Å². The molecule has 0 fully saturated rings. The van der Waals surface area contributed by atoms with E-state index in [0.29, 0.717) is 11.9 Å². The molecule has 0 spiro atoms. The molecule has 0 aliphatic carbocycles. The number of rotatable bonds is 3. The number of nitrogens with zero attached hydrogens (tertiary/aromatic N) is 3. The van der Waals surface area contributed by atoms with E-state index in [0.717, 1.165) is 33.8 Å². The SMILES string of the molecule is CCc1onc(C)c1Cn1cnc2scc(C)c2c1=O. The second-order valence-corrected chi connectivity index (χ2v) is 5.66. The lowest BCUT2D eigenvalue weighted by Crippen LogP contribution is -2.21. The molecule has 0 radical (unpaired) electrons. The fourth-order valence-corrected chi connectivity index (χ4v) is 3.18. The van der Waals surface area contributed by atoms with Crippen molar-refractivity contribution in [2.45, 2.75) is 33.7 Å². The average molecular weight is 289 g/mol. The van der Waals surface area contributed by atoms with Crippen LogP contribution in [0.1, 0.15) is 29.5 Å². The Morgan fingerprint density at radius 1 is 1.40 bits per heavy atom. The fourth-order valence-electron chi connectivity index (χ4n) is 2.30. The molecule has 0 aromatic carbocycles. The van der Waals surface area contributed by atoms with Crippen molar-refractivity contribution < 1.29 is 4.52 Å². The Bertz CT molecular complexity index is 829.